The summed E-state index contributed by atoms with van der Waals surface area (Å²) in [5.74, 6) is 0.665. The number of rotatable bonds is 4. The first-order chi connectivity index (χ1) is 12.7. The van der Waals surface area contributed by atoms with Gasteiger partial charge >= 0.3 is 0 Å². The molecule has 0 amide bonds. The van der Waals surface area contributed by atoms with E-state index in [0.29, 0.717) is 18.8 Å². The lowest BCUT2D eigenvalue weighted by Gasteiger charge is -2.46. The van der Waals surface area contributed by atoms with Gasteiger partial charge in [-0.1, -0.05) is 0 Å². The summed E-state index contributed by atoms with van der Waals surface area (Å²) in [6.45, 7) is 1.50. The Morgan fingerprint density at radius 1 is 0.769 bits per heavy atom. The van der Waals surface area contributed by atoms with Gasteiger partial charge in [0.15, 0.2) is 6.29 Å². The van der Waals surface area contributed by atoms with Gasteiger partial charge in [0.05, 0.1) is 18.3 Å². The first-order valence-electron chi connectivity index (χ1n) is 10.1. The Morgan fingerprint density at radius 2 is 1.54 bits per heavy atom. The first-order valence-corrected chi connectivity index (χ1v) is 10.1. The maximum atomic E-state index is 12.4. The fourth-order valence-corrected chi connectivity index (χ4v) is 5.64. The van der Waals surface area contributed by atoms with Crippen molar-refractivity contribution in [2.75, 3.05) is 13.2 Å². The van der Waals surface area contributed by atoms with Crippen molar-refractivity contribution >= 4 is 5.78 Å². The molecule has 7 heterocycles. The second-order valence-corrected chi connectivity index (χ2v) is 8.62. The Balaban J connectivity index is 1.13. The highest BCUT2D eigenvalue weighted by Crippen LogP contribution is 2.48. The van der Waals surface area contributed by atoms with Crippen LogP contribution in [0.15, 0.2) is 0 Å². The summed E-state index contributed by atoms with van der Waals surface area (Å²) < 4.78 is 36.4. The van der Waals surface area contributed by atoms with E-state index in [1.165, 1.54) is 0 Å². The molecular formula is C19H26O7. The van der Waals surface area contributed by atoms with Gasteiger partial charge in [0.1, 0.15) is 36.3 Å². The summed E-state index contributed by atoms with van der Waals surface area (Å²) >= 11 is 0. The molecule has 6 bridgehead atoms. The van der Waals surface area contributed by atoms with E-state index in [0.717, 1.165) is 38.9 Å². The molecule has 10 atom stereocenters. The summed E-state index contributed by atoms with van der Waals surface area (Å²) in [6.07, 6.45) is 4.01. The van der Waals surface area contributed by atoms with Gasteiger partial charge < -0.3 is 28.4 Å². The predicted octanol–water partition coefficient (Wildman–Crippen LogP) is 0.968. The van der Waals surface area contributed by atoms with Crippen molar-refractivity contribution in [2.45, 2.75) is 93.6 Å². The highest BCUT2D eigenvalue weighted by molar-refractivity contribution is 5.79. The minimum Gasteiger partial charge on any atom is -0.381 e. The Morgan fingerprint density at radius 3 is 2.42 bits per heavy atom. The third-order valence-corrected chi connectivity index (χ3v) is 6.85. The summed E-state index contributed by atoms with van der Waals surface area (Å²) in [7, 11) is 0. The number of Topliss-reactive ketones (excluding diaryl/α,β-unsaturated/α-hetero) is 1. The molecule has 0 saturated carbocycles. The molecule has 0 aliphatic carbocycles. The smallest absolute Gasteiger partial charge is 0.161 e. The molecular weight excluding hydrogens is 340 g/mol. The van der Waals surface area contributed by atoms with Crippen molar-refractivity contribution in [3.8, 4) is 0 Å². The van der Waals surface area contributed by atoms with Crippen molar-refractivity contribution in [1.82, 2.24) is 0 Å². The molecule has 7 aliphatic rings. The van der Waals surface area contributed by atoms with E-state index in [4.69, 9.17) is 28.4 Å². The number of ether oxygens (including phenoxy) is 6. The zero-order valence-corrected chi connectivity index (χ0v) is 14.8. The van der Waals surface area contributed by atoms with Crippen LogP contribution in [0.5, 0.6) is 0 Å². The van der Waals surface area contributed by atoms with Crippen LogP contribution in [0, 0.1) is 5.92 Å². The van der Waals surface area contributed by atoms with Crippen LogP contribution in [0.4, 0.5) is 0 Å². The molecule has 2 unspecified atom stereocenters. The van der Waals surface area contributed by atoms with Crippen molar-refractivity contribution in [3.63, 3.8) is 0 Å². The lowest BCUT2D eigenvalue weighted by atomic mass is 9.87. The van der Waals surface area contributed by atoms with Crippen molar-refractivity contribution < 1.29 is 33.2 Å². The molecule has 7 fully saturated rings. The van der Waals surface area contributed by atoms with Crippen LogP contribution >= 0.6 is 0 Å². The fourth-order valence-electron chi connectivity index (χ4n) is 5.64. The Kier molecular flexibility index (Phi) is 3.92. The van der Waals surface area contributed by atoms with E-state index in [-0.39, 0.29) is 60.9 Å². The number of carbonyl (C=O) groups excluding carboxylic acids is 1. The maximum absolute atomic E-state index is 12.4. The molecule has 144 valence electrons. The minimum atomic E-state index is -0.208. The Hall–Kier alpha value is -0.570. The maximum Gasteiger partial charge on any atom is 0.161 e. The molecule has 0 spiro atoms. The first kappa shape index (κ1) is 16.4. The zero-order valence-electron chi connectivity index (χ0n) is 14.8. The number of hydrogen-bond donors (Lipinski definition) is 0. The topological polar surface area (TPSA) is 72.5 Å². The largest absolute Gasteiger partial charge is 0.381 e. The molecule has 7 nitrogen and oxygen atoms in total. The number of ketones is 1. The minimum absolute atomic E-state index is 0.00359. The molecule has 0 aromatic carbocycles. The number of carbonyl (C=O) groups is 1. The van der Waals surface area contributed by atoms with E-state index >= 15 is 0 Å². The summed E-state index contributed by atoms with van der Waals surface area (Å²) in [5.41, 5.74) is 0. The molecule has 26 heavy (non-hydrogen) atoms. The van der Waals surface area contributed by atoms with Gasteiger partial charge in [-0.05, 0) is 25.2 Å². The third-order valence-electron chi connectivity index (χ3n) is 6.85. The zero-order chi connectivity index (χ0) is 17.3. The van der Waals surface area contributed by atoms with Crippen LogP contribution < -0.4 is 0 Å². The van der Waals surface area contributed by atoms with Crippen LogP contribution in [-0.2, 0) is 33.2 Å². The van der Waals surface area contributed by atoms with Crippen LogP contribution in [0.3, 0.4) is 0 Å². The predicted molar refractivity (Wildman–Crippen MR) is 86.5 cm³/mol. The normalized spacial score (nSPS) is 54.3. The summed E-state index contributed by atoms with van der Waals surface area (Å²) in [5, 5.41) is 0. The molecule has 0 aromatic rings. The van der Waals surface area contributed by atoms with Crippen LogP contribution in [0.1, 0.15) is 38.5 Å². The Labute approximate surface area is 152 Å². The number of fused-ring (bicyclic) bond motifs is 1. The molecule has 7 heteroatoms. The van der Waals surface area contributed by atoms with Crippen LogP contribution in [0.2, 0.25) is 0 Å². The molecule has 7 rings (SSSR count). The number of hydrogen-bond acceptors (Lipinski definition) is 7. The lowest BCUT2D eigenvalue weighted by Crippen LogP contribution is -2.61. The monoisotopic (exact) mass is 366 g/mol. The van der Waals surface area contributed by atoms with Crippen molar-refractivity contribution in [3.05, 3.63) is 0 Å². The average molecular weight is 366 g/mol. The highest BCUT2D eigenvalue weighted by atomic mass is 16.8. The van der Waals surface area contributed by atoms with E-state index in [1.807, 2.05) is 0 Å². The molecule has 7 saturated heterocycles. The second kappa shape index (κ2) is 6.22. The Bertz CT molecular complexity index is 576. The molecule has 0 N–H and O–H groups in total. The van der Waals surface area contributed by atoms with Gasteiger partial charge in [0.2, 0.25) is 0 Å². The third kappa shape index (κ3) is 2.59. The summed E-state index contributed by atoms with van der Waals surface area (Å²) in [4.78, 5) is 12.4. The molecule has 7 aliphatic heterocycles. The summed E-state index contributed by atoms with van der Waals surface area (Å²) in [6, 6.07) is 0. The van der Waals surface area contributed by atoms with Gasteiger partial charge in [-0.2, -0.15) is 0 Å². The van der Waals surface area contributed by atoms with E-state index in [2.05, 4.69) is 0 Å². The average Bonchev–Trinajstić information content (AvgIpc) is 3.26. The molecule has 0 radical (unpaired) electrons. The lowest BCUT2D eigenvalue weighted by molar-refractivity contribution is -0.264. The van der Waals surface area contributed by atoms with E-state index in [1.54, 1.807) is 0 Å². The fraction of sp³-hybridized carbons (Fsp3) is 0.947. The quantitative estimate of drug-likeness (QED) is 0.734. The standard InChI is InChI=1S/C19H26O7/c20-10(5-9-3-4-21-8-9)6-11-1-2-12-15(22-11)18-19-17(23-12)16-13(24-19)7-14(25-16)26-18/h9,11-19H,1-8H2/t9-,11+,12-,13+,14-,15?,16-,17?,18-,19+/m0/s1. The molecule has 0 aromatic heterocycles. The van der Waals surface area contributed by atoms with Crippen molar-refractivity contribution in [2.24, 2.45) is 5.92 Å². The van der Waals surface area contributed by atoms with E-state index in [9.17, 15) is 4.79 Å². The second-order valence-electron chi connectivity index (χ2n) is 8.62. The van der Waals surface area contributed by atoms with Gasteiger partial charge in [-0.15, -0.1) is 0 Å². The highest BCUT2D eigenvalue weighted by Gasteiger charge is 2.64. The van der Waals surface area contributed by atoms with Gasteiger partial charge in [0, 0.05) is 32.5 Å². The SMILES string of the molecule is O=C(C[C@@H]1CCOC1)C[C@H]1CC[C@@H]2OC3[C@H]4O[C@@H]5C[C@H]4O[C@H]3[C@@H](O5)C2O1. The van der Waals surface area contributed by atoms with Crippen LogP contribution in [0.25, 0.3) is 0 Å². The van der Waals surface area contributed by atoms with Crippen LogP contribution in [-0.4, -0.2) is 74.1 Å². The van der Waals surface area contributed by atoms with Gasteiger partial charge in [0.25, 0.3) is 0 Å². The van der Waals surface area contributed by atoms with Crippen molar-refractivity contribution in [1.29, 1.82) is 0 Å². The van der Waals surface area contributed by atoms with E-state index < -0.39 is 0 Å². The van der Waals surface area contributed by atoms with Gasteiger partial charge in [-0.25, -0.2) is 0 Å². The van der Waals surface area contributed by atoms with Gasteiger partial charge in [-0.3, -0.25) is 4.79 Å².